The fraction of sp³-hybridized carbons (Fsp3) is 0.200. The van der Waals surface area contributed by atoms with Gasteiger partial charge in [-0.3, -0.25) is 4.31 Å². The van der Waals surface area contributed by atoms with Crippen molar-refractivity contribution >= 4 is 44.2 Å². The van der Waals surface area contributed by atoms with E-state index in [0.717, 1.165) is 11.1 Å². The van der Waals surface area contributed by atoms with E-state index in [9.17, 15) is 13.2 Å². The van der Waals surface area contributed by atoms with Crippen LogP contribution in [0.1, 0.15) is 21.6 Å². The minimum atomic E-state index is -3.81. The zero-order chi connectivity index (χ0) is 20.1. The van der Waals surface area contributed by atoms with E-state index in [0.29, 0.717) is 28.0 Å². The first-order valence-electron chi connectivity index (χ1n) is 8.62. The monoisotopic (exact) mass is 416 g/mol. The van der Waals surface area contributed by atoms with Gasteiger partial charge in [-0.05, 0) is 49.2 Å². The van der Waals surface area contributed by atoms with Crippen LogP contribution in [0.15, 0.2) is 47.4 Å². The SMILES string of the molecule is COC(=O)c1cc2c3c(cc(Cl)cc3n1)CCN2S(=O)(=O)c1ccc(C)cc1. The van der Waals surface area contributed by atoms with Gasteiger partial charge in [0.15, 0.2) is 5.69 Å². The van der Waals surface area contributed by atoms with E-state index in [1.54, 1.807) is 30.3 Å². The van der Waals surface area contributed by atoms with E-state index >= 15 is 0 Å². The van der Waals surface area contributed by atoms with Gasteiger partial charge in [0.1, 0.15) is 0 Å². The summed E-state index contributed by atoms with van der Waals surface area (Å²) in [5.41, 5.74) is 2.77. The highest BCUT2D eigenvalue weighted by Crippen LogP contribution is 2.38. The number of methoxy groups -OCH3 is 1. The molecule has 0 unspecified atom stereocenters. The smallest absolute Gasteiger partial charge is 0.356 e. The maximum Gasteiger partial charge on any atom is 0.356 e. The zero-order valence-corrected chi connectivity index (χ0v) is 16.8. The standard InChI is InChI=1S/C20H17ClN2O4S/c1-12-3-5-15(6-4-12)28(25,26)23-8-7-13-9-14(21)10-16-19(13)18(23)11-17(22-16)20(24)27-2/h3-6,9-11H,7-8H2,1-2H3. The Bertz CT molecular complexity index is 1210. The lowest BCUT2D eigenvalue weighted by Crippen LogP contribution is -2.35. The average Bonchev–Trinajstić information content (AvgIpc) is 2.67. The molecule has 1 aromatic heterocycles. The highest BCUT2D eigenvalue weighted by Gasteiger charge is 2.31. The molecule has 28 heavy (non-hydrogen) atoms. The van der Waals surface area contributed by atoms with Crippen LogP contribution in [-0.4, -0.2) is 33.0 Å². The third kappa shape index (κ3) is 3.00. The molecule has 0 spiro atoms. The van der Waals surface area contributed by atoms with Crippen molar-refractivity contribution in [1.82, 2.24) is 4.98 Å². The Labute approximate surface area is 167 Å². The number of carbonyl (C=O) groups excluding carboxylic acids is 1. The Morgan fingerprint density at radius 1 is 1.18 bits per heavy atom. The molecule has 1 aliphatic heterocycles. The van der Waals surface area contributed by atoms with E-state index in [1.807, 2.05) is 13.0 Å². The number of pyridine rings is 1. The van der Waals surface area contributed by atoms with E-state index in [1.165, 1.54) is 17.5 Å². The van der Waals surface area contributed by atoms with E-state index in [2.05, 4.69) is 4.98 Å². The molecule has 0 saturated heterocycles. The fourth-order valence-electron chi connectivity index (χ4n) is 3.43. The molecular weight excluding hydrogens is 400 g/mol. The summed E-state index contributed by atoms with van der Waals surface area (Å²) in [5, 5.41) is 1.16. The Morgan fingerprint density at radius 3 is 2.57 bits per heavy atom. The second-order valence-corrected chi connectivity index (χ2v) is 8.92. The van der Waals surface area contributed by atoms with Gasteiger partial charge in [0.2, 0.25) is 0 Å². The summed E-state index contributed by atoms with van der Waals surface area (Å²) in [6.45, 7) is 2.13. The summed E-state index contributed by atoms with van der Waals surface area (Å²) in [5.74, 6) is -0.641. The van der Waals surface area contributed by atoms with Gasteiger partial charge in [-0.15, -0.1) is 0 Å². The molecular formula is C20H17ClN2O4S. The highest BCUT2D eigenvalue weighted by molar-refractivity contribution is 7.92. The lowest BCUT2D eigenvalue weighted by atomic mass is 10.00. The van der Waals surface area contributed by atoms with Crippen molar-refractivity contribution in [3.05, 3.63) is 64.3 Å². The number of ether oxygens (including phenoxy) is 1. The number of anilines is 1. The lowest BCUT2D eigenvalue weighted by Gasteiger charge is -2.30. The number of nitrogens with zero attached hydrogens (tertiary/aromatic N) is 2. The van der Waals surface area contributed by atoms with Crippen molar-refractivity contribution in [2.75, 3.05) is 18.0 Å². The van der Waals surface area contributed by atoms with Crippen molar-refractivity contribution in [2.45, 2.75) is 18.2 Å². The molecule has 2 aromatic carbocycles. The molecule has 0 saturated carbocycles. The number of sulfonamides is 1. The van der Waals surface area contributed by atoms with Crippen LogP contribution >= 0.6 is 11.6 Å². The number of aromatic nitrogens is 1. The molecule has 6 nitrogen and oxygen atoms in total. The number of halogens is 1. The molecule has 0 fully saturated rings. The Balaban J connectivity index is 1.97. The van der Waals surface area contributed by atoms with Gasteiger partial charge in [0, 0.05) is 17.0 Å². The van der Waals surface area contributed by atoms with Crippen LogP contribution in [0, 0.1) is 6.92 Å². The number of carbonyl (C=O) groups is 1. The molecule has 144 valence electrons. The van der Waals surface area contributed by atoms with Gasteiger partial charge in [0.05, 0.1) is 23.2 Å². The summed E-state index contributed by atoms with van der Waals surface area (Å²) in [4.78, 5) is 16.6. The Morgan fingerprint density at radius 2 is 1.89 bits per heavy atom. The van der Waals surface area contributed by atoms with Gasteiger partial charge in [-0.2, -0.15) is 0 Å². The van der Waals surface area contributed by atoms with Crippen LogP contribution in [0.2, 0.25) is 5.02 Å². The first-order valence-corrected chi connectivity index (χ1v) is 10.4. The molecule has 0 bridgehead atoms. The number of benzene rings is 2. The first-order chi connectivity index (χ1) is 13.3. The minimum Gasteiger partial charge on any atom is -0.464 e. The topological polar surface area (TPSA) is 76.6 Å². The maximum absolute atomic E-state index is 13.3. The summed E-state index contributed by atoms with van der Waals surface area (Å²) < 4.78 is 32.8. The number of aryl methyl sites for hydroxylation is 1. The van der Waals surface area contributed by atoms with Gasteiger partial charge in [-0.25, -0.2) is 18.2 Å². The summed E-state index contributed by atoms with van der Waals surface area (Å²) >= 11 is 6.19. The average molecular weight is 417 g/mol. The van der Waals surface area contributed by atoms with E-state index in [-0.39, 0.29) is 17.1 Å². The number of esters is 1. The second kappa shape index (κ2) is 6.76. The molecule has 0 radical (unpaired) electrons. The van der Waals surface area contributed by atoms with Crippen molar-refractivity contribution in [2.24, 2.45) is 0 Å². The third-order valence-corrected chi connectivity index (χ3v) is 6.84. The van der Waals surface area contributed by atoms with Gasteiger partial charge < -0.3 is 4.74 Å². The van der Waals surface area contributed by atoms with Crippen LogP contribution in [0.5, 0.6) is 0 Å². The number of hydrogen-bond donors (Lipinski definition) is 0. The van der Waals surface area contributed by atoms with Crippen molar-refractivity contribution < 1.29 is 17.9 Å². The molecule has 0 amide bonds. The van der Waals surface area contributed by atoms with Gasteiger partial charge in [0.25, 0.3) is 10.0 Å². The van der Waals surface area contributed by atoms with Crippen molar-refractivity contribution in [3.63, 3.8) is 0 Å². The fourth-order valence-corrected chi connectivity index (χ4v) is 5.13. The third-order valence-electron chi connectivity index (χ3n) is 4.79. The molecule has 2 heterocycles. The van der Waals surface area contributed by atoms with E-state index < -0.39 is 16.0 Å². The zero-order valence-electron chi connectivity index (χ0n) is 15.3. The molecule has 0 N–H and O–H groups in total. The highest BCUT2D eigenvalue weighted by atomic mass is 35.5. The Hall–Kier alpha value is -2.64. The van der Waals surface area contributed by atoms with Crippen molar-refractivity contribution in [1.29, 1.82) is 0 Å². The molecule has 4 rings (SSSR count). The first kappa shape index (κ1) is 18.7. The number of rotatable bonds is 3. The van der Waals surface area contributed by atoms with Gasteiger partial charge in [-0.1, -0.05) is 29.3 Å². The molecule has 8 heteroatoms. The van der Waals surface area contributed by atoms with Crippen LogP contribution < -0.4 is 4.31 Å². The van der Waals surface area contributed by atoms with Crippen LogP contribution in [-0.2, 0) is 21.2 Å². The summed E-state index contributed by atoms with van der Waals surface area (Å²) in [6, 6.07) is 11.6. The van der Waals surface area contributed by atoms with Crippen LogP contribution in [0.3, 0.4) is 0 Å². The normalized spacial score (nSPS) is 13.6. The van der Waals surface area contributed by atoms with E-state index in [4.69, 9.17) is 16.3 Å². The van der Waals surface area contributed by atoms with Crippen LogP contribution in [0.25, 0.3) is 10.9 Å². The number of hydrogen-bond acceptors (Lipinski definition) is 5. The second-order valence-electron chi connectivity index (χ2n) is 6.62. The predicted molar refractivity (Wildman–Crippen MR) is 108 cm³/mol. The summed E-state index contributed by atoms with van der Waals surface area (Å²) in [7, 11) is -2.55. The Kier molecular flexibility index (Phi) is 4.51. The minimum absolute atomic E-state index is 0.0317. The quantitative estimate of drug-likeness (QED) is 0.608. The van der Waals surface area contributed by atoms with Crippen LogP contribution in [0.4, 0.5) is 5.69 Å². The molecule has 0 atom stereocenters. The predicted octanol–water partition coefficient (Wildman–Crippen LogP) is 3.73. The largest absolute Gasteiger partial charge is 0.464 e. The maximum atomic E-state index is 13.3. The lowest BCUT2D eigenvalue weighted by molar-refractivity contribution is 0.0594. The summed E-state index contributed by atoms with van der Waals surface area (Å²) in [6.07, 6.45) is 0.494. The molecule has 0 aliphatic carbocycles. The van der Waals surface area contributed by atoms with Gasteiger partial charge >= 0.3 is 5.97 Å². The molecule has 3 aromatic rings. The molecule has 1 aliphatic rings. The van der Waals surface area contributed by atoms with Crippen molar-refractivity contribution in [3.8, 4) is 0 Å².